The van der Waals surface area contributed by atoms with Crippen molar-refractivity contribution >= 4 is 28.6 Å². The van der Waals surface area contributed by atoms with Gasteiger partial charge in [0.15, 0.2) is 0 Å². The molecule has 1 nitrogen and oxygen atoms in total. The summed E-state index contributed by atoms with van der Waals surface area (Å²) in [5.74, 6) is 1.35. The third-order valence-corrected chi connectivity index (χ3v) is 3.86. The highest BCUT2D eigenvalue weighted by atomic mass is 79.9. The molecule has 17 heavy (non-hydrogen) atoms. The summed E-state index contributed by atoms with van der Waals surface area (Å²) in [4.78, 5) is 0. The quantitative estimate of drug-likeness (QED) is 0.783. The molecular formula is C14H21BrOS. The number of ether oxygens (including phenoxy) is 1. The van der Waals surface area contributed by atoms with Crippen LogP contribution in [0.2, 0.25) is 0 Å². The van der Waals surface area contributed by atoms with Crippen LogP contribution < -0.4 is 0 Å². The van der Waals surface area contributed by atoms with Gasteiger partial charge in [-0.1, -0.05) is 48.8 Å². The molecule has 0 saturated carbocycles. The van der Waals surface area contributed by atoms with Crippen molar-refractivity contribution in [1.82, 2.24) is 0 Å². The second kappa shape index (κ2) is 6.81. The molecule has 1 aromatic carbocycles. The molecule has 0 heterocycles. The number of rotatable bonds is 5. The minimum absolute atomic E-state index is 0.249. The van der Waals surface area contributed by atoms with Crippen molar-refractivity contribution in [3.05, 3.63) is 34.3 Å². The molecule has 1 atom stereocenters. The maximum absolute atomic E-state index is 5.78. The summed E-state index contributed by atoms with van der Waals surface area (Å²) >= 11 is 7.86. The van der Waals surface area contributed by atoms with Crippen LogP contribution in [-0.4, -0.2) is 12.4 Å². The van der Waals surface area contributed by atoms with E-state index < -0.39 is 0 Å². The molecule has 96 valence electrons. The van der Waals surface area contributed by atoms with E-state index in [1.165, 1.54) is 5.56 Å². The molecule has 0 aromatic heterocycles. The zero-order valence-electron chi connectivity index (χ0n) is 10.7. The Labute approximate surface area is 118 Å². The van der Waals surface area contributed by atoms with Crippen LogP contribution in [-0.2, 0) is 11.3 Å². The molecule has 0 aliphatic rings. The lowest BCUT2D eigenvalue weighted by Gasteiger charge is -2.29. The van der Waals surface area contributed by atoms with Gasteiger partial charge in [0.1, 0.15) is 0 Å². The van der Waals surface area contributed by atoms with E-state index in [1.807, 2.05) is 12.1 Å². The van der Waals surface area contributed by atoms with Crippen molar-refractivity contribution < 1.29 is 4.74 Å². The molecule has 0 radical (unpaired) electrons. The average Bonchev–Trinajstić information content (AvgIpc) is 2.22. The van der Waals surface area contributed by atoms with Gasteiger partial charge in [0.2, 0.25) is 0 Å². The van der Waals surface area contributed by atoms with Crippen molar-refractivity contribution in [2.24, 2.45) is 11.3 Å². The standard InChI is InChI=1S/C14H21BrOS/c1-14(2,3)12(10-17)9-16-8-11-5-4-6-13(15)7-11/h4-7,12,17H,8-10H2,1-3H3. The zero-order chi connectivity index (χ0) is 12.9. The van der Waals surface area contributed by atoms with Crippen molar-refractivity contribution in [2.75, 3.05) is 12.4 Å². The first-order chi connectivity index (χ1) is 7.93. The summed E-state index contributed by atoms with van der Waals surface area (Å²) in [7, 11) is 0. The van der Waals surface area contributed by atoms with Gasteiger partial charge in [-0.3, -0.25) is 0 Å². The highest BCUT2D eigenvalue weighted by Crippen LogP contribution is 2.27. The maximum Gasteiger partial charge on any atom is 0.0717 e. The second-order valence-corrected chi connectivity index (χ2v) is 6.67. The van der Waals surface area contributed by atoms with E-state index in [2.05, 4.69) is 61.5 Å². The van der Waals surface area contributed by atoms with Gasteiger partial charge >= 0.3 is 0 Å². The van der Waals surface area contributed by atoms with E-state index in [0.717, 1.165) is 16.8 Å². The molecule has 1 rings (SSSR count). The zero-order valence-corrected chi connectivity index (χ0v) is 13.2. The Morgan fingerprint density at radius 2 is 2.06 bits per heavy atom. The fourth-order valence-electron chi connectivity index (χ4n) is 1.52. The first-order valence-corrected chi connectivity index (χ1v) is 7.29. The van der Waals surface area contributed by atoms with Crippen LogP contribution in [0.3, 0.4) is 0 Å². The van der Waals surface area contributed by atoms with E-state index >= 15 is 0 Å². The number of benzene rings is 1. The van der Waals surface area contributed by atoms with Crippen LogP contribution in [0.4, 0.5) is 0 Å². The lowest BCUT2D eigenvalue weighted by molar-refractivity contribution is 0.0561. The highest BCUT2D eigenvalue weighted by Gasteiger charge is 2.23. The fourth-order valence-corrected chi connectivity index (χ4v) is 2.62. The Kier molecular flexibility index (Phi) is 6.04. The number of halogens is 1. The van der Waals surface area contributed by atoms with Gasteiger partial charge in [0.05, 0.1) is 13.2 Å². The first-order valence-electron chi connectivity index (χ1n) is 5.86. The van der Waals surface area contributed by atoms with E-state index in [4.69, 9.17) is 4.74 Å². The molecule has 1 aromatic rings. The SMILES string of the molecule is CC(C)(C)C(CS)COCc1cccc(Br)c1. The molecule has 3 heteroatoms. The molecule has 0 spiro atoms. The minimum Gasteiger partial charge on any atom is -0.376 e. The summed E-state index contributed by atoms with van der Waals surface area (Å²) < 4.78 is 6.88. The van der Waals surface area contributed by atoms with Gasteiger partial charge in [-0.25, -0.2) is 0 Å². The van der Waals surface area contributed by atoms with Crippen LogP contribution in [0.15, 0.2) is 28.7 Å². The number of hydrogen-bond donors (Lipinski definition) is 1. The molecule has 0 aliphatic heterocycles. The largest absolute Gasteiger partial charge is 0.376 e. The highest BCUT2D eigenvalue weighted by molar-refractivity contribution is 9.10. The van der Waals surface area contributed by atoms with Gasteiger partial charge in [0, 0.05) is 4.47 Å². The first kappa shape index (κ1) is 15.1. The third-order valence-electron chi connectivity index (χ3n) is 2.92. The van der Waals surface area contributed by atoms with Gasteiger partial charge < -0.3 is 4.74 Å². The van der Waals surface area contributed by atoms with Crippen molar-refractivity contribution in [3.8, 4) is 0 Å². The normalized spacial score (nSPS) is 13.7. The molecule has 0 fully saturated rings. The smallest absolute Gasteiger partial charge is 0.0717 e. The maximum atomic E-state index is 5.78. The van der Waals surface area contributed by atoms with Crippen LogP contribution >= 0.6 is 28.6 Å². The number of hydrogen-bond acceptors (Lipinski definition) is 2. The summed E-state index contributed by atoms with van der Waals surface area (Å²) in [5, 5.41) is 0. The Balaban J connectivity index is 2.42. The molecule has 0 amide bonds. The topological polar surface area (TPSA) is 9.23 Å². The molecular weight excluding hydrogens is 296 g/mol. The molecule has 0 bridgehead atoms. The van der Waals surface area contributed by atoms with Gasteiger partial charge in [-0.05, 0) is 34.8 Å². The average molecular weight is 317 g/mol. The second-order valence-electron chi connectivity index (χ2n) is 5.39. The Morgan fingerprint density at radius 1 is 1.35 bits per heavy atom. The van der Waals surface area contributed by atoms with Crippen LogP contribution in [0.25, 0.3) is 0 Å². The van der Waals surface area contributed by atoms with Crippen LogP contribution in [0.5, 0.6) is 0 Å². The van der Waals surface area contributed by atoms with Crippen molar-refractivity contribution in [2.45, 2.75) is 27.4 Å². The molecule has 0 N–H and O–H groups in total. The Bertz CT molecular complexity index is 346. The van der Waals surface area contributed by atoms with Gasteiger partial charge in [-0.15, -0.1) is 0 Å². The third kappa shape index (κ3) is 5.45. The minimum atomic E-state index is 0.249. The summed E-state index contributed by atoms with van der Waals surface area (Å²) in [6.07, 6.45) is 0. The summed E-state index contributed by atoms with van der Waals surface area (Å²) in [6, 6.07) is 8.22. The predicted octanol–water partition coefficient (Wildman–Crippen LogP) is 4.56. The molecule has 1 unspecified atom stereocenters. The lowest BCUT2D eigenvalue weighted by atomic mass is 9.82. The van der Waals surface area contributed by atoms with E-state index in [9.17, 15) is 0 Å². The van der Waals surface area contributed by atoms with Crippen molar-refractivity contribution in [3.63, 3.8) is 0 Å². The molecule has 0 saturated heterocycles. The number of thiol groups is 1. The van der Waals surface area contributed by atoms with E-state index in [1.54, 1.807) is 0 Å². The van der Waals surface area contributed by atoms with Gasteiger partial charge in [-0.2, -0.15) is 12.6 Å². The predicted molar refractivity (Wildman–Crippen MR) is 80.6 cm³/mol. The Morgan fingerprint density at radius 3 is 2.59 bits per heavy atom. The monoisotopic (exact) mass is 316 g/mol. The van der Waals surface area contributed by atoms with Crippen molar-refractivity contribution in [1.29, 1.82) is 0 Å². The van der Waals surface area contributed by atoms with E-state index in [-0.39, 0.29) is 5.41 Å². The lowest BCUT2D eigenvalue weighted by Crippen LogP contribution is -2.26. The van der Waals surface area contributed by atoms with Crippen LogP contribution in [0, 0.1) is 11.3 Å². The summed E-state index contributed by atoms with van der Waals surface area (Å²) in [6.45, 7) is 8.13. The Hall–Kier alpha value is 0.01000. The summed E-state index contributed by atoms with van der Waals surface area (Å²) in [5.41, 5.74) is 1.45. The van der Waals surface area contributed by atoms with E-state index in [0.29, 0.717) is 12.5 Å². The van der Waals surface area contributed by atoms with Crippen LogP contribution in [0.1, 0.15) is 26.3 Å². The fraction of sp³-hybridized carbons (Fsp3) is 0.571. The van der Waals surface area contributed by atoms with Gasteiger partial charge in [0.25, 0.3) is 0 Å². The molecule has 0 aliphatic carbocycles.